The molecule has 2 aromatic carbocycles. The number of aryl methyl sites for hydroxylation is 1. The van der Waals surface area contributed by atoms with Crippen LogP contribution in [-0.2, 0) is 14.3 Å². The predicted molar refractivity (Wildman–Crippen MR) is 97.3 cm³/mol. The van der Waals surface area contributed by atoms with Crippen LogP contribution in [0.25, 0.3) is 6.08 Å². The first-order valence-corrected chi connectivity index (χ1v) is 7.99. The maximum atomic E-state index is 13.5. The molecule has 0 aliphatic rings. The second kappa shape index (κ2) is 8.80. The molecule has 0 aromatic heterocycles. The Balaban J connectivity index is 1.97. The number of hydrogen-bond acceptors (Lipinski definition) is 4. The average molecular weight is 357 g/mol. The zero-order valence-electron chi connectivity index (χ0n) is 14.8. The Hall–Kier alpha value is -3.15. The zero-order valence-corrected chi connectivity index (χ0v) is 14.8. The summed E-state index contributed by atoms with van der Waals surface area (Å²) < 4.78 is 23.7. The molecule has 1 amide bonds. The summed E-state index contributed by atoms with van der Waals surface area (Å²) in [6, 6.07) is 11.4. The number of halogens is 1. The molecule has 0 aliphatic carbocycles. The molecule has 2 aromatic rings. The lowest BCUT2D eigenvalue weighted by molar-refractivity contribution is -0.148. The summed E-state index contributed by atoms with van der Waals surface area (Å²) in [6.45, 7) is 3.33. The summed E-state index contributed by atoms with van der Waals surface area (Å²) in [6.07, 6.45) is 1.35. The molecule has 0 saturated heterocycles. The largest absolute Gasteiger partial charge is 0.495 e. The van der Waals surface area contributed by atoms with Gasteiger partial charge in [0.1, 0.15) is 11.6 Å². The topological polar surface area (TPSA) is 64.6 Å². The highest BCUT2D eigenvalue weighted by atomic mass is 19.1. The number of ether oxygens (including phenoxy) is 2. The smallest absolute Gasteiger partial charge is 0.331 e. The van der Waals surface area contributed by atoms with Crippen molar-refractivity contribution in [1.29, 1.82) is 0 Å². The minimum Gasteiger partial charge on any atom is -0.495 e. The van der Waals surface area contributed by atoms with Gasteiger partial charge in [-0.25, -0.2) is 9.18 Å². The van der Waals surface area contributed by atoms with E-state index in [1.807, 2.05) is 13.0 Å². The Labute approximate surface area is 151 Å². The highest BCUT2D eigenvalue weighted by Crippen LogP contribution is 2.25. The Kier molecular flexibility index (Phi) is 6.49. The van der Waals surface area contributed by atoms with Gasteiger partial charge in [-0.15, -0.1) is 0 Å². The lowest BCUT2D eigenvalue weighted by Crippen LogP contribution is -2.29. The zero-order chi connectivity index (χ0) is 19.1. The molecule has 1 unspecified atom stereocenters. The van der Waals surface area contributed by atoms with E-state index < -0.39 is 23.8 Å². The molecule has 136 valence electrons. The molecule has 0 aliphatic heterocycles. The fourth-order valence-electron chi connectivity index (χ4n) is 2.19. The molecule has 1 atom stereocenters. The number of rotatable bonds is 6. The van der Waals surface area contributed by atoms with Crippen molar-refractivity contribution in [2.75, 3.05) is 12.4 Å². The Morgan fingerprint density at radius 3 is 2.62 bits per heavy atom. The third kappa shape index (κ3) is 5.17. The molecule has 1 N–H and O–H groups in total. The Morgan fingerprint density at radius 2 is 1.92 bits per heavy atom. The molecule has 2 rings (SSSR count). The number of benzene rings is 2. The number of carbonyl (C=O) groups excluding carboxylic acids is 2. The maximum absolute atomic E-state index is 13.5. The summed E-state index contributed by atoms with van der Waals surface area (Å²) in [5.41, 5.74) is 1.69. The van der Waals surface area contributed by atoms with Crippen molar-refractivity contribution >= 4 is 23.6 Å². The minimum absolute atomic E-state index is 0.256. The van der Waals surface area contributed by atoms with Crippen LogP contribution in [0.15, 0.2) is 48.5 Å². The summed E-state index contributed by atoms with van der Waals surface area (Å²) in [4.78, 5) is 24.1. The van der Waals surface area contributed by atoms with Crippen molar-refractivity contribution in [3.63, 3.8) is 0 Å². The van der Waals surface area contributed by atoms with Crippen LogP contribution in [0, 0.1) is 12.7 Å². The molecule has 6 heteroatoms. The maximum Gasteiger partial charge on any atom is 0.331 e. The van der Waals surface area contributed by atoms with Gasteiger partial charge >= 0.3 is 5.97 Å². The summed E-state index contributed by atoms with van der Waals surface area (Å²) in [5.74, 6) is -1.19. The van der Waals surface area contributed by atoms with Crippen molar-refractivity contribution < 1.29 is 23.5 Å². The van der Waals surface area contributed by atoms with Gasteiger partial charge < -0.3 is 14.8 Å². The quantitative estimate of drug-likeness (QED) is 0.632. The van der Waals surface area contributed by atoms with Gasteiger partial charge in [0.05, 0.1) is 12.8 Å². The van der Waals surface area contributed by atoms with Crippen LogP contribution in [0.2, 0.25) is 0 Å². The van der Waals surface area contributed by atoms with Gasteiger partial charge in [-0.1, -0.05) is 24.3 Å². The summed E-state index contributed by atoms with van der Waals surface area (Å²) >= 11 is 0. The average Bonchev–Trinajstić information content (AvgIpc) is 2.61. The molecule has 0 saturated carbocycles. The lowest BCUT2D eigenvalue weighted by atomic mass is 10.2. The van der Waals surface area contributed by atoms with Crippen molar-refractivity contribution in [3.05, 3.63) is 65.5 Å². The molecule has 26 heavy (non-hydrogen) atoms. The van der Waals surface area contributed by atoms with Crippen molar-refractivity contribution in [1.82, 2.24) is 0 Å². The Bertz CT molecular complexity index is 832. The van der Waals surface area contributed by atoms with Crippen LogP contribution in [0.5, 0.6) is 5.75 Å². The van der Waals surface area contributed by atoms with E-state index in [1.54, 1.807) is 24.3 Å². The first-order chi connectivity index (χ1) is 12.4. The number of nitrogens with one attached hydrogen (secondary N) is 1. The van der Waals surface area contributed by atoms with Crippen molar-refractivity contribution in [3.8, 4) is 5.75 Å². The van der Waals surface area contributed by atoms with Crippen LogP contribution in [0.3, 0.4) is 0 Å². The van der Waals surface area contributed by atoms with Crippen LogP contribution in [-0.4, -0.2) is 25.1 Å². The van der Waals surface area contributed by atoms with Crippen LogP contribution in [0.4, 0.5) is 10.1 Å². The van der Waals surface area contributed by atoms with E-state index in [-0.39, 0.29) is 5.56 Å². The van der Waals surface area contributed by atoms with E-state index in [0.29, 0.717) is 11.4 Å². The summed E-state index contributed by atoms with van der Waals surface area (Å²) in [7, 11) is 1.50. The first-order valence-electron chi connectivity index (χ1n) is 7.99. The van der Waals surface area contributed by atoms with Gasteiger partial charge in [-0.3, -0.25) is 4.79 Å². The number of esters is 1. The number of carbonyl (C=O) groups is 2. The molecule has 0 bridgehead atoms. The van der Waals surface area contributed by atoms with E-state index >= 15 is 0 Å². The van der Waals surface area contributed by atoms with E-state index in [4.69, 9.17) is 9.47 Å². The fourth-order valence-corrected chi connectivity index (χ4v) is 2.19. The minimum atomic E-state index is -1.03. The lowest BCUT2D eigenvalue weighted by Gasteiger charge is -2.15. The van der Waals surface area contributed by atoms with Gasteiger partial charge in [-0.2, -0.15) is 0 Å². The molecule has 0 spiro atoms. The van der Waals surface area contributed by atoms with Gasteiger partial charge in [0, 0.05) is 11.6 Å². The molecule has 0 fully saturated rings. The van der Waals surface area contributed by atoms with Crippen LogP contribution >= 0.6 is 0 Å². The van der Waals surface area contributed by atoms with Gasteiger partial charge in [0.2, 0.25) is 0 Å². The first kappa shape index (κ1) is 19.2. The third-order valence-corrected chi connectivity index (χ3v) is 3.58. The number of amides is 1. The predicted octanol–water partition coefficient (Wildman–Crippen LogP) is 3.73. The molecule has 0 radical (unpaired) electrons. The van der Waals surface area contributed by atoms with E-state index in [1.165, 1.54) is 32.2 Å². The second-order valence-electron chi connectivity index (χ2n) is 5.63. The fraction of sp³-hybridized carbons (Fsp3) is 0.200. The Morgan fingerprint density at radius 1 is 1.19 bits per heavy atom. The standard InChI is InChI=1S/C20H20FNO4/c1-13-8-10-18(25-3)17(12-13)22-20(24)14(2)26-19(23)11-9-15-6-4-5-7-16(15)21/h4-12,14H,1-3H3,(H,22,24)/b11-9+. The monoisotopic (exact) mass is 357 g/mol. The van der Waals surface area contributed by atoms with Crippen molar-refractivity contribution in [2.45, 2.75) is 20.0 Å². The number of anilines is 1. The number of methoxy groups -OCH3 is 1. The van der Waals surface area contributed by atoms with Gasteiger partial charge in [0.25, 0.3) is 5.91 Å². The highest BCUT2D eigenvalue weighted by molar-refractivity contribution is 5.97. The molecular formula is C20H20FNO4. The number of hydrogen-bond donors (Lipinski definition) is 1. The van der Waals surface area contributed by atoms with Crippen LogP contribution < -0.4 is 10.1 Å². The van der Waals surface area contributed by atoms with Gasteiger partial charge in [0.15, 0.2) is 6.10 Å². The van der Waals surface area contributed by atoms with E-state index in [2.05, 4.69) is 5.32 Å². The highest BCUT2D eigenvalue weighted by Gasteiger charge is 2.18. The van der Waals surface area contributed by atoms with Crippen LogP contribution in [0.1, 0.15) is 18.1 Å². The van der Waals surface area contributed by atoms with E-state index in [9.17, 15) is 14.0 Å². The normalized spacial score (nSPS) is 11.8. The van der Waals surface area contributed by atoms with Gasteiger partial charge in [-0.05, 0) is 43.7 Å². The third-order valence-electron chi connectivity index (χ3n) is 3.58. The second-order valence-corrected chi connectivity index (χ2v) is 5.63. The molecule has 5 nitrogen and oxygen atoms in total. The summed E-state index contributed by atoms with van der Waals surface area (Å²) in [5, 5.41) is 2.67. The molecule has 0 heterocycles. The van der Waals surface area contributed by atoms with E-state index in [0.717, 1.165) is 11.6 Å². The SMILES string of the molecule is COc1ccc(C)cc1NC(=O)C(C)OC(=O)/C=C/c1ccccc1F. The molecular weight excluding hydrogens is 337 g/mol. The van der Waals surface area contributed by atoms with Crippen molar-refractivity contribution in [2.24, 2.45) is 0 Å².